The van der Waals surface area contributed by atoms with E-state index in [9.17, 15) is 0 Å². The average molecular weight is 481 g/mol. The molecule has 3 aromatic heterocycles. The molecule has 9 nitrogen and oxygen atoms in total. The van der Waals surface area contributed by atoms with Crippen LogP contribution in [0.3, 0.4) is 0 Å². The molecule has 0 spiro atoms. The molecule has 0 bridgehead atoms. The first-order valence-corrected chi connectivity index (χ1v) is 15.8. The number of hydrogen-bond donors (Lipinski definition) is 1. The second-order valence-electron chi connectivity index (χ2n) is 10.3. The number of piperazine rings is 1. The molecule has 10 heteroatoms. The van der Waals surface area contributed by atoms with Gasteiger partial charge in [-0.15, -0.1) is 0 Å². The summed E-state index contributed by atoms with van der Waals surface area (Å²) >= 11 is 0. The van der Waals surface area contributed by atoms with Gasteiger partial charge >= 0.3 is 0 Å². The Morgan fingerprint density at radius 2 is 2.18 bits per heavy atom. The quantitative estimate of drug-likeness (QED) is 0.272. The highest BCUT2D eigenvalue weighted by Gasteiger charge is 2.25. The first kappa shape index (κ1) is 24.5. The van der Waals surface area contributed by atoms with Crippen LogP contribution in [0.15, 0.2) is 31.0 Å². The molecule has 3 aromatic rings. The fourth-order valence-corrected chi connectivity index (χ4v) is 5.05. The van der Waals surface area contributed by atoms with Gasteiger partial charge in [0.2, 0.25) is 6.54 Å². The molecule has 1 saturated heterocycles. The average Bonchev–Trinajstić information content (AvgIpc) is 3.45. The molecule has 34 heavy (non-hydrogen) atoms. The Hall–Kier alpha value is -2.58. The third-order valence-corrected chi connectivity index (χ3v) is 8.12. The Morgan fingerprint density at radius 1 is 1.32 bits per heavy atom. The fraction of sp³-hybridized carbons (Fsp3) is 0.583. The zero-order chi connectivity index (χ0) is 24.1. The Kier molecular flexibility index (Phi) is 7.78. The van der Waals surface area contributed by atoms with Gasteiger partial charge in [0.15, 0.2) is 0 Å². The van der Waals surface area contributed by atoms with Crippen LogP contribution in [0.5, 0.6) is 0 Å². The van der Waals surface area contributed by atoms with Gasteiger partial charge in [0, 0.05) is 70.2 Å². The minimum absolute atomic E-state index is 0.00786. The summed E-state index contributed by atoms with van der Waals surface area (Å²) in [6, 6.07) is 3.65. The highest BCUT2D eigenvalue weighted by atomic mass is 28.3. The Labute approximate surface area is 203 Å². The summed E-state index contributed by atoms with van der Waals surface area (Å²) in [7, 11) is -1.11. The van der Waals surface area contributed by atoms with Gasteiger partial charge in [-0.05, 0) is 19.0 Å². The highest BCUT2D eigenvalue weighted by Crippen LogP contribution is 2.27. The molecule has 0 saturated carbocycles. The molecule has 0 aliphatic carbocycles. The van der Waals surface area contributed by atoms with Crippen LogP contribution in [0.1, 0.15) is 13.0 Å². The summed E-state index contributed by atoms with van der Waals surface area (Å²) in [5, 5.41) is 9.05. The van der Waals surface area contributed by atoms with Crippen LogP contribution in [0.25, 0.3) is 27.1 Å². The predicted molar refractivity (Wildman–Crippen MR) is 137 cm³/mol. The van der Waals surface area contributed by atoms with E-state index < -0.39 is 8.07 Å². The minimum atomic E-state index is -1.11. The molecule has 1 fully saturated rings. The molecule has 0 amide bonds. The molecular formula is C24H36N8OSi. The molecular weight excluding hydrogens is 444 g/mol. The van der Waals surface area contributed by atoms with Crippen LogP contribution in [0, 0.1) is 6.57 Å². The van der Waals surface area contributed by atoms with E-state index in [1.54, 1.807) is 6.33 Å². The van der Waals surface area contributed by atoms with Crippen molar-refractivity contribution in [2.45, 2.75) is 51.4 Å². The third kappa shape index (κ3) is 5.91. The predicted octanol–water partition coefficient (Wildman–Crippen LogP) is 3.36. The lowest BCUT2D eigenvalue weighted by Gasteiger charge is -2.35. The lowest BCUT2D eigenvalue weighted by atomic mass is 10.1. The lowest BCUT2D eigenvalue weighted by molar-refractivity contribution is 0.0899. The topological polar surface area (TPSA) is 77.4 Å². The maximum absolute atomic E-state index is 7.45. The van der Waals surface area contributed by atoms with Crippen molar-refractivity contribution in [1.82, 2.24) is 34.5 Å². The minimum Gasteiger partial charge on any atom is -0.361 e. The first-order chi connectivity index (χ1) is 16.4. The number of rotatable bonds is 10. The molecule has 182 valence electrons. The number of nitrogens with one attached hydrogen (secondary N) is 1. The summed E-state index contributed by atoms with van der Waals surface area (Å²) in [5.74, 6) is 0. The fourth-order valence-electron chi connectivity index (χ4n) is 4.29. The number of nitrogens with zero attached hydrogens (tertiary/aromatic N) is 7. The number of aromatic nitrogens is 5. The van der Waals surface area contributed by atoms with Crippen molar-refractivity contribution in [2.24, 2.45) is 0 Å². The van der Waals surface area contributed by atoms with E-state index in [-0.39, 0.29) is 6.04 Å². The van der Waals surface area contributed by atoms with Crippen molar-refractivity contribution in [3.05, 3.63) is 42.4 Å². The standard InChI is InChI=1S/C24H36N8OSi/c1-19-12-26-7-9-30(19)16-21(14-25-2)32-15-20(13-29-32)23-22-6-8-31(24(22)28-17-27-23)18-33-10-11-34(3,4)5/h6,8,13,15,17,19,21,26H,7,9-12,14,16,18H2,1,3-5H3/t19-,21?/m1/s1. The molecule has 0 radical (unpaired) electrons. The van der Waals surface area contributed by atoms with Crippen LogP contribution in [-0.2, 0) is 11.5 Å². The van der Waals surface area contributed by atoms with Gasteiger partial charge in [0.05, 0.1) is 11.9 Å². The maximum Gasteiger partial charge on any atom is 0.238 e. The number of fused-ring (bicyclic) bond motifs is 1. The lowest BCUT2D eigenvalue weighted by Crippen LogP contribution is -2.51. The van der Waals surface area contributed by atoms with Gasteiger partial charge in [-0.3, -0.25) is 9.58 Å². The molecule has 2 atom stereocenters. The van der Waals surface area contributed by atoms with Gasteiger partial charge in [0.1, 0.15) is 24.7 Å². The molecule has 4 rings (SSSR count). The highest BCUT2D eigenvalue weighted by molar-refractivity contribution is 6.76. The summed E-state index contributed by atoms with van der Waals surface area (Å²) < 4.78 is 9.90. The van der Waals surface area contributed by atoms with Crippen LogP contribution < -0.4 is 5.32 Å². The van der Waals surface area contributed by atoms with E-state index in [0.717, 1.165) is 61.1 Å². The maximum atomic E-state index is 7.45. The van der Waals surface area contributed by atoms with E-state index in [1.807, 2.05) is 33.9 Å². The van der Waals surface area contributed by atoms with Gasteiger partial charge in [0.25, 0.3) is 0 Å². The summed E-state index contributed by atoms with van der Waals surface area (Å²) in [5.41, 5.74) is 2.65. The van der Waals surface area contributed by atoms with Gasteiger partial charge in [-0.25, -0.2) is 16.5 Å². The number of ether oxygens (including phenoxy) is 1. The van der Waals surface area contributed by atoms with Crippen molar-refractivity contribution >= 4 is 19.1 Å². The Bertz CT molecular complexity index is 1130. The summed E-state index contributed by atoms with van der Waals surface area (Å²) in [4.78, 5) is 15.2. The van der Waals surface area contributed by atoms with Crippen molar-refractivity contribution in [3.8, 4) is 11.3 Å². The van der Waals surface area contributed by atoms with Crippen LogP contribution >= 0.6 is 0 Å². The SMILES string of the molecule is [C-]#[N+]CC(CN1CCNC[C@H]1C)n1cc(-c2ncnc3c2ccn3COCC[Si](C)(C)C)cn1. The molecule has 1 unspecified atom stereocenters. The van der Waals surface area contributed by atoms with Crippen LogP contribution in [0.2, 0.25) is 25.7 Å². The zero-order valence-corrected chi connectivity index (χ0v) is 21.7. The second kappa shape index (κ2) is 10.8. The van der Waals surface area contributed by atoms with Crippen molar-refractivity contribution in [1.29, 1.82) is 0 Å². The largest absolute Gasteiger partial charge is 0.361 e. The molecule has 1 aliphatic rings. The van der Waals surface area contributed by atoms with E-state index in [1.165, 1.54) is 0 Å². The van der Waals surface area contributed by atoms with E-state index in [0.29, 0.717) is 19.3 Å². The summed E-state index contributed by atoms with van der Waals surface area (Å²) in [6.07, 6.45) is 7.48. The normalized spacial score (nSPS) is 18.3. The number of hydrogen-bond acceptors (Lipinski definition) is 6. The Morgan fingerprint density at radius 3 is 2.94 bits per heavy atom. The van der Waals surface area contributed by atoms with Gasteiger partial charge in [-0.2, -0.15) is 5.10 Å². The van der Waals surface area contributed by atoms with Crippen molar-refractivity contribution in [2.75, 3.05) is 39.3 Å². The van der Waals surface area contributed by atoms with E-state index >= 15 is 0 Å². The molecule has 0 aromatic carbocycles. The molecule has 1 aliphatic heterocycles. The van der Waals surface area contributed by atoms with Gasteiger partial charge in [-0.1, -0.05) is 19.6 Å². The van der Waals surface area contributed by atoms with Crippen molar-refractivity contribution in [3.63, 3.8) is 0 Å². The van der Waals surface area contributed by atoms with E-state index in [4.69, 9.17) is 11.3 Å². The van der Waals surface area contributed by atoms with Gasteiger partial charge < -0.3 is 19.5 Å². The van der Waals surface area contributed by atoms with Crippen molar-refractivity contribution < 1.29 is 4.74 Å². The first-order valence-electron chi connectivity index (χ1n) is 12.1. The molecule has 1 N–H and O–H groups in total. The van der Waals surface area contributed by atoms with E-state index in [2.05, 4.69) is 56.7 Å². The zero-order valence-electron chi connectivity index (χ0n) is 20.7. The second-order valence-corrected chi connectivity index (χ2v) is 16.0. The van der Waals surface area contributed by atoms with Crippen LogP contribution in [0.4, 0.5) is 0 Å². The Balaban J connectivity index is 1.50. The molecule has 4 heterocycles. The van der Waals surface area contributed by atoms with Crippen LogP contribution in [-0.4, -0.2) is 82.7 Å². The smallest absolute Gasteiger partial charge is 0.238 e. The monoisotopic (exact) mass is 480 g/mol. The summed E-state index contributed by atoms with van der Waals surface area (Å²) in [6.45, 7) is 22.2. The third-order valence-electron chi connectivity index (χ3n) is 6.42.